The SMILES string of the molecule is CC[C@@H]1CCN(C(=O)CNC(=O)OC2CC3CC3[C@H]2CCCCC(F)(F)c2nc3ccc(OC)cc3[nH]c2=O)[C@@H]1C(C)=O. The number of ether oxygens (including phenoxy) is 2. The van der Waals surface area contributed by atoms with E-state index in [0.717, 1.165) is 25.7 Å². The maximum absolute atomic E-state index is 15.1. The van der Waals surface area contributed by atoms with Crippen molar-refractivity contribution in [1.82, 2.24) is 20.2 Å². The lowest BCUT2D eigenvalue weighted by Crippen LogP contribution is -2.47. The topological polar surface area (TPSA) is 131 Å². The van der Waals surface area contributed by atoms with Crippen molar-refractivity contribution in [2.45, 2.75) is 83.3 Å². The number of carbonyl (C=O) groups is 3. The van der Waals surface area contributed by atoms with Crippen LogP contribution < -0.4 is 15.6 Å². The van der Waals surface area contributed by atoms with Crippen LogP contribution in [-0.4, -0.2) is 65.0 Å². The molecule has 43 heavy (non-hydrogen) atoms. The van der Waals surface area contributed by atoms with Crippen LogP contribution in [0, 0.1) is 23.7 Å². The predicted octanol–water partition coefficient (Wildman–Crippen LogP) is 4.55. The minimum atomic E-state index is -3.39. The number of rotatable bonds is 12. The number of carbonyl (C=O) groups excluding carboxylic acids is 3. The quantitative estimate of drug-likeness (QED) is 0.341. The Morgan fingerprint density at radius 2 is 2.00 bits per heavy atom. The standard InChI is InChI=1S/C31H40F2N4O6/c1-4-18-10-12-37(27(18)17(2)38)26(39)16-34-30(41)43-25-14-19-13-22(19)21(25)7-5-6-11-31(32,33)28-29(40)36-24-15-20(42-3)8-9-23(24)35-28/h8-9,15,18-19,21-22,25,27H,4-7,10-14,16H2,1-3H3,(H,34,41)(H,36,40)/t18-,19?,21-,22?,25?,27-/m1/s1. The molecule has 12 heteroatoms. The molecule has 1 aliphatic heterocycles. The number of nitrogens with one attached hydrogen (secondary N) is 2. The van der Waals surface area contributed by atoms with Gasteiger partial charge in [0.2, 0.25) is 5.91 Å². The first-order valence-corrected chi connectivity index (χ1v) is 15.2. The van der Waals surface area contributed by atoms with Gasteiger partial charge in [-0.05, 0) is 74.8 Å². The normalized spacial score (nSPS) is 26.3. The number of alkyl carbamates (subject to hydrolysis) is 1. The van der Waals surface area contributed by atoms with Crippen LogP contribution in [-0.2, 0) is 20.2 Å². The lowest BCUT2D eigenvalue weighted by atomic mass is 9.93. The third kappa shape index (κ3) is 6.67. The summed E-state index contributed by atoms with van der Waals surface area (Å²) in [5, 5.41) is 2.55. The van der Waals surface area contributed by atoms with Crippen molar-refractivity contribution < 1.29 is 32.6 Å². The van der Waals surface area contributed by atoms with E-state index in [9.17, 15) is 19.2 Å². The predicted molar refractivity (Wildman–Crippen MR) is 154 cm³/mol. The molecule has 10 nitrogen and oxygen atoms in total. The Morgan fingerprint density at radius 3 is 2.72 bits per heavy atom. The molecule has 2 heterocycles. The molecule has 2 saturated carbocycles. The van der Waals surface area contributed by atoms with Crippen LogP contribution in [0.15, 0.2) is 23.0 Å². The van der Waals surface area contributed by atoms with Crippen LogP contribution in [0.2, 0.25) is 0 Å². The summed E-state index contributed by atoms with van der Waals surface area (Å²) in [5.74, 6) is -2.18. The van der Waals surface area contributed by atoms with E-state index in [2.05, 4.69) is 15.3 Å². The van der Waals surface area contributed by atoms with Crippen LogP contribution in [0.1, 0.15) is 70.9 Å². The Morgan fingerprint density at radius 1 is 1.21 bits per heavy atom. The number of Topliss-reactive ketones (excluding diaryl/α,β-unsaturated/α-hetero) is 1. The number of methoxy groups -OCH3 is 1. The molecule has 0 radical (unpaired) electrons. The highest BCUT2D eigenvalue weighted by molar-refractivity contribution is 5.90. The second-order valence-electron chi connectivity index (χ2n) is 12.2. The minimum Gasteiger partial charge on any atom is -0.497 e. The summed E-state index contributed by atoms with van der Waals surface area (Å²) < 4.78 is 40.9. The summed E-state index contributed by atoms with van der Waals surface area (Å²) in [6, 6.07) is 4.21. The number of H-pyrrole nitrogens is 1. The van der Waals surface area contributed by atoms with E-state index in [0.29, 0.717) is 42.5 Å². The molecule has 1 aromatic heterocycles. The molecular formula is C31H40F2N4O6. The van der Waals surface area contributed by atoms with Crippen molar-refractivity contribution in [2.75, 3.05) is 20.2 Å². The maximum Gasteiger partial charge on any atom is 0.407 e. The van der Waals surface area contributed by atoms with Gasteiger partial charge in [-0.15, -0.1) is 0 Å². The zero-order valence-corrected chi connectivity index (χ0v) is 24.9. The number of ketones is 1. The molecule has 3 unspecified atom stereocenters. The third-order valence-electron chi connectivity index (χ3n) is 9.49. The maximum atomic E-state index is 15.1. The summed E-state index contributed by atoms with van der Waals surface area (Å²) in [5.41, 5.74) is -1.14. The summed E-state index contributed by atoms with van der Waals surface area (Å²) in [4.78, 5) is 57.9. The molecule has 0 spiro atoms. The van der Waals surface area contributed by atoms with Gasteiger partial charge in [-0.2, -0.15) is 8.78 Å². The van der Waals surface area contributed by atoms with Gasteiger partial charge in [0.05, 0.1) is 24.2 Å². The number of hydrogen-bond donors (Lipinski definition) is 2. The molecule has 3 aliphatic rings. The van der Waals surface area contributed by atoms with Crippen LogP contribution in [0.5, 0.6) is 5.75 Å². The summed E-state index contributed by atoms with van der Waals surface area (Å²) in [7, 11) is 1.47. The van der Waals surface area contributed by atoms with E-state index >= 15 is 8.78 Å². The molecule has 2 aromatic rings. The third-order valence-corrected chi connectivity index (χ3v) is 9.49. The highest BCUT2D eigenvalue weighted by Gasteiger charge is 2.54. The lowest BCUT2D eigenvalue weighted by Gasteiger charge is -2.26. The van der Waals surface area contributed by atoms with Crippen molar-refractivity contribution >= 4 is 28.8 Å². The number of aromatic amines is 1. The van der Waals surface area contributed by atoms with E-state index < -0.39 is 35.7 Å². The largest absolute Gasteiger partial charge is 0.497 e. The number of aromatic nitrogens is 2. The molecule has 5 rings (SSSR count). The second kappa shape index (κ2) is 12.6. The number of nitrogens with zero attached hydrogens (tertiary/aromatic N) is 2. The van der Waals surface area contributed by atoms with Gasteiger partial charge in [-0.3, -0.25) is 14.4 Å². The van der Waals surface area contributed by atoms with Gasteiger partial charge in [0.15, 0.2) is 11.5 Å². The van der Waals surface area contributed by atoms with Crippen molar-refractivity contribution in [3.8, 4) is 5.75 Å². The van der Waals surface area contributed by atoms with Gasteiger partial charge >= 0.3 is 6.09 Å². The number of amides is 2. The second-order valence-corrected chi connectivity index (χ2v) is 12.2. The number of unbranched alkanes of at least 4 members (excludes halogenated alkanes) is 1. The van der Waals surface area contributed by atoms with Crippen molar-refractivity contribution in [3.05, 3.63) is 34.2 Å². The number of fused-ring (bicyclic) bond motifs is 2. The fourth-order valence-electron chi connectivity index (χ4n) is 7.18. The first kappa shape index (κ1) is 30.9. The van der Waals surface area contributed by atoms with Crippen molar-refractivity contribution in [3.63, 3.8) is 0 Å². The summed E-state index contributed by atoms with van der Waals surface area (Å²) >= 11 is 0. The highest BCUT2D eigenvalue weighted by atomic mass is 19.3. The van der Waals surface area contributed by atoms with E-state index in [1.807, 2.05) is 6.92 Å². The van der Waals surface area contributed by atoms with E-state index in [1.54, 1.807) is 11.0 Å². The van der Waals surface area contributed by atoms with E-state index in [1.165, 1.54) is 26.2 Å². The van der Waals surface area contributed by atoms with Gasteiger partial charge in [0, 0.05) is 19.0 Å². The number of likely N-dealkylation sites (tertiary alicyclic amines) is 1. The first-order chi connectivity index (χ1) is 20.5. The fourth-order valence-corrected chi connectivity index (χ4v) is 7.18. The Balaban J connectivity index is 1.10. The lowest BCUT2D eigenvalue weighted by molar-refractivity contribution is -0.137. The number of alkyl halides is 2. The summed E-state index contributed by atoms with van der Waals surface area (Å²) in [6.07, 6.45) is 3.11. The van der Waals surface area contributed by atoms with E-state index in [4.69, 9.17) is 9.47 Å². The van der Waals surface area contributed by atoms with Gasteiger partial charge in [0.1, 0.15) is 18.4 Å². The molecule has 1 saturated heterocycles. The zero-order chi connectivity index (χ0) is 30.9. The van der Waals surface area contributed by atoms with Crippen LogP contribution in [0.4, 0.5) is 13.6 Å². The average Bonchev–Trinajstić information content (AvgIpc) is 3.44. The first-order valence-electron chi connectivity index (χ1n) is 15.2. The van der Waals surface area contributed by atoms with Crippen molar-refractivity contribution in [1.29, 1.82) is 0 Å². The minimum absolute atomic E-state index is 0.0487. The Hall–Kier alpha value is -3.57. The smallest absolute Gasteiger partial charge is 0.407 e. The van der Waals surface area contributed by atoms with Gasteiger partial charge in [-0.1, -0.05) is 19.8 Å². The number of benzene rings is 1. The Labute approximate surface area is 248 Å². The molecule has 6 atom stereocenters. The molecular weight excluding hydrogens is 562 g/mol. The van der Waals surface area contributed by atoms with Crippen LogP contribution in [0.25, 0.3) is 11.0 Å². The molecule has 234 valence electrons. The Kier molecular flexibility index (Phi) is 9.03. The molecule has 2 N–H and O–H groups in total. The molecule has 0 bridgehead atoms. The molecule has 2 amide bonds. The van der Waals surface area contributed by atoms with Crippen LogP contribution >= 0.6 is 0 Å². The number of halogens is 2. The summed E-state index contributed by atoms with van der Waals surface area (Å²) in [6.45, 7) is 3.74. The van der Waals surface area contributed by atoms with Gasteiger partial charge in [0.25, 0.3) is 11.5 Å². The molecule has 3 fully saturated rings. The van der Waals surface area contributed by atoms with Gasteiger partial charge in [-0.25, -0.2) is 9.78 Å². The highest BCUT2D eigenvalue weighted by Crippen LogP contribution is 2.57. The van der Waals surface area contributed by atoms with Gasteiger partial charge < -0.3 is 24.7 Å². The van der Waals surface area contributed by atoms with Crippen LogP contribution in [0.3, 0.4) is 0 Å². The van der Waals surface area contributed by atoms with Crippen molar-refractivity contribution in [2.24, 2.45) is 23.7 Å². The van der Waals surface area contributed by atoms with E-state index in [-0.39, 0.29) is 48.1 Å². The Bertz CT molecular complexity index is 1430. The molecule has 1 aromatic carbocycles. The number of hydrogen-bond acceptors (Lipinski definition) is 7. The monoisotopic (exact) mass is 602 g/mol. The average molecular weight is 603 g/mol. The zero-order valence-electron chi connectivity index (χ0n) is 24.9. The molecule has 2 aliphatic carbocycles. The fraction of sp³-hybridized carbons (Fsp3) is 0.645.